The highest BCUT2D eigenvalue weighted by Crippen LogP contribution is 2.37. The molecule has 1 saturated heterocycles. The molecule has 0 bridgehead atoms. The highest BCUT2D eigenvalue weighted by atomic mass is 16.6. The number of rotatable bonds is 8. The molecule has 4 atom stereocenters. The Morgan fingerprint density at radius 3 is 2.81 bits per heavy atom. The molecule has 0 radical (unpaired) electrons. The molecule has 1 aliphatic rings. The summed E-state index contributed by atoms with van der Waals surface area (Å²) < 4.78 is 18.0. The Morgan fingerprint density at radius 1 is 1.26 bits per heavy atom. The number of aromatic nitrogens is 4. The van der Waals surface area contributed by atoms with Gasteiger partial charge in [-0.1, -0.05) is 18.2 Å². The summed E-state index contributed by atoms with van der Waals surface area (Å²) in [4.78, 5) is 20.9. The average molecular weight is 429 g/mol. The SMILES string of the molecule is COCCOC1C(c2cnn3c(NC(=O)c4ccccc4)ncnc23)OC(CO)C1O. The zero-order valence-electron chi connectivity index (χ0n) is 16.8. The van der Waals surface area contributed by atoms with E-state index < -0.39 is 24.4 Å². The number of aliphatic hydroxyl groups excluding tert-OH is 2. The van der Waals surface area contributed by atoms with Crippen LogP contribution in [0.4, 0.5) is 5.95 Å². The van der Waals surface area contributed by atoms with E-state index in [1.54, 1.807) is 31.4 Å². The van der Waals surface area contributed by atoms with Crippen molar-refractivity contribution in [1.29, 1.82) is 0 Å². The fourth-order valence-electron chi connectivity index (χ4n) is 3.47. The molecule has 11 nitrogen and oxygen atoms in total. The molecule has 0 spiro atoms. The maximum absolute atomic E-state index is 12.5. The lowest BCUT2D eigenvalue weighted by Crippen LogP contribution is -2.35. The third kappa shape index (κ3) is 4.27. The standard InChI is InChI=1S/C20H23N5O6/c1-29-7-8-30-17-15(27)14(10-26)31-16(17)13-9-23-25-18(13)21-11-22-20(25)24-19(28)12-5-3-2-4-6-12/h2-6,9,11,14-17,26-27H,7-8,10H2,1H3,(H,21,22,24,28). The van der Waals surface area contributed by atoms with Crippen molar-refractivity contribution in [1.82, 2.24) is 19.6 Å². The highest BCUT2D eigenvalue weighted by molar-refractivity contribution is 6.03. The minimum absolute atomic E-state index is 0.180. The summed E-state index contributed by atoms with van der Waals surface area (Å²) in [6.45, 7) is 0.212. The molecule has 1 aromatic carbocycles. The van der Waals surface area contributed by atoms with Gasteiger partial charge in [0.2, 0.25) is 5.95 Å². The zero-order chi connectivity index (χ0) is 21.8. The van der Waals surface area contributed by atoms with Gasteiger partial charge in [-0.2, -0.15) is 9.61 Å². The first-order chi connectivity index (χ1) is 15.1. The lowest BCUT2D eigenvalue weighted by Gasteiger charge is -2.20. The number of ether oxygens (including phenoxy) is 3. The molecule has 3 heterocycles. The van der Waals surface area contributed by atoms with E-state index in [1.165, 1.54) is 17.0 Å². The van der Waals surface area contributed by atoms with Crippen LogP contribution in [0.2, 0.25) is 0 Å². The predicted octanol–water partition coefficient (Wildman–Crippen LogP) is 0.201. The Hall–Kier alpha value is -2.96. The number of methoxy groups -OCH3 is 1. The van der Waals surface area contributed by atoms with Gasteiger partial charge in [-0.25, -0.2) is 9.97 Å². The molecule has 3 N–H and O–H groups in total. The molecule has 164 valence electrons. The number of benzene rings is 1. The Balaban J connectivity index is 1.62. The quantitative estimate of drug-likeness (QED) is 0.428. The summed E-state index contributed by atoms with van der Waals surface area (Å²) in [6.07, 6.45) is -0.512. The minimum Gasteiger partial charge on any atom is -0.394 e. The van der Waals surface area contributed by atoms with Gasteiger partial charge in [-0.15, -0.1) is 0 Å². The molecule has 1 aliphatic heterocycles. The first kappa shape index (κ1) is 21.3. The molecule has 0 aliphatic carbocycles. The van der Waals surface area contributed by atoms with Crippen molar-refractivity contribution in [2.24, 2.45) is 0 Å². The fourth-order valence-corrected chi connectivity index (χ4v) is 3.47. The smallest absolute Gasteiger partial charge is 0.258 e. The number of nitrogens with zero attached hydrogens (tertiary/aromatic N) is 4. The van der Waals surface area contributed by atoms with Gasteiger partial charge in [0.15, 0.2) is 5.65 Å². The number of carbonyl (C=O) groups excluding carboxylic acids is 1. The number of hydrogen-bond acceptors (Lipinski definition) is 9. The van der Waals surface area contributed by atoms with Crippen LogP contribution in [0.3, 0.4) is 0 Å². The maximum Gasteiger partial charge on any atom is 0.258 e. The van der Waals surface area contributed by atoms with E-state index in [1.807, 2.05) is 6.07 Å². The third-order valence-electron chi connectivity index (χ3n) is 5.01. The molecule has 4 unspecified atom stereocenters. The number of hydrogen-bond donors (Lipinski definition) is 3. The lowest BCUT2D eigenvalue weighted by atomic mass is 10.0. The third-order valence-corrected chi connectivity index (χ3v) is 5.01. The summed E-state index contributed by atoms with van der Waals surface area (Å²) in [5, 5.41) is 27.1. The van der Waals surface area contributed by atoms with Crippen LogP contribution >= 0.6 is 0 Å². The van der Waals surface area contributed by atoms with Crippen molar-refractivity contribution in [2.75, 3.05) is 32.2 Å². The van der Waals surface area contributed by atoms with Gasteiger partial charge in [0.05, 0.1) is 26.0 Å². The van der Waals surface area contributed by atoms with Crippen LogP contribution in [0.25, 0.3) is 5.65 Å². The second-order valence-electron chi connectivity index (χ2n) is 6.95. The van der Waals surface area contributed by atoms with Gasteiger partial charge < -0.3 is 24.4 Å². The monoisotopic (exact) mass is 429 g/mol. The van der Waals surface area contributed by atoms with Crippen molar-refractivity contribution in [2.45, 2.75) is 24.4 Å². The molecule has 1 amide bonds. The van der Waals surface area contributed by atoms with Gasteiger partial charge in [0, 0.05) is 18.2 Å². The molecule has 3 aromatic rings. The predicted molar refractivity (Wildman–Crippen MR) is 107 cm³/mol. The van der Waals surface area contributed by atoms with E-state index in [0.717, 1.165) is 0 Å². The summed E-state index contributed by atoms with van der Waals surface area (Å²) in [5.74, 6) is -0.162. The number of nitrogens with one attached hydrogen (secondary N) is 1. The second-order valence-corrected chi connectivity index (χ2v) is 6.95. The minimum atomic E-state index is -1.04. The largest absolute Gasteiger partial charge is 0.394 e. The van der Waals surface area contributed by atoms with Crippen LogP contribution in [0.1, 0.15) is 22.0 Å². The van der Waals surface area contributed by atoms with Crippen LogP contribution in [-0.2, 0) is 14.2 Å². The van der Waals surface area contributed by atoms with Crippen molar-refractivity contribution in [3.05, 3.63) is 54.0 Å². The lowest BCUT2D eigenvalue weighted by molar-refractivity contribution is -0.0528. The Morgan fingerprint density at radius 2 is 2.06 bits per heavy atom. The van der Waals surface area contributed by atoms with Gasteiger partial charge in [-0.3, -0.25) is 10.1 Å². The number of aliphatic hydroxyl groups is 2. The van der Waals surface area contributed by atoms with Crippen molar-refractivity contribution in [3.63, 3.8) is 0 Å². The molecule has 31 heavy (non-hydrogen) atoms. The number of carbonyl (C=O) groups is 1. The van der Waals surface area contributed by atoms with E-state index in [9.17, 15) is 15.0 Å². The summed E-state index contributed by atoms with van der Waals surface area (Å²) >= 11 is 0. The molecular weight excluding hydrogens is 406 g/mol. The maximum atomic E-state index is 12.5. The first-order valence-corrected chi connectivity index (χ1v) is 9.74. The first-order valence-electron chi connectivity index (χ1n) is 9.74. The highest BCUT2D eigenvalue weighted by Gasteiger charge is 2.46. The van der Waals surface area contributed by atoms with E-state index in [2.05, 4.69) is 20.4 Å². The van der Waals surface area contributed by atoms with Gasteiger partial charge in [-0.05, 0) is 12.1 Å². The molecule has 4 rings (SSSR count). The van der Waals surface area contributed by atoms with Crippen molar-refractivity contribution >= 4 is 17.5 Å². The number of anilines is 1. The summed E-state index contributed by atoms with van der Waals surface area (Å²) in [7, 11) is 1.55. The second kappa shape index (κ2) is 9.45. The molecule has 0 saturated carbocycles. The van der Waals surface area contributed by atoms with E-state index in [0.29, 0.717) is 23.4 Å². The summed E-state index contributed by atoms with van der Waals surface area (Å²) in [6, 6.07) is 8.72. The Labute approximate surface area is 177 Å². The van der Waals surface area contributed by atoms with Crippen LogP contribution in [0.15, 0.2) is 42.9 Å². The van der Waals surface area contributed by atoms with E-state index in [4.69, 9.17) is 14.2 Å². The normalized spacial score (nSPS) is 23.3. The number of fused-ring (bicyclic) bond motifs is 1. The van der Waals surface area contributed by atoms with Crippen LogP contribution in [0.5, 0.6) is 0 Å². The van der Waals surface area contributed by atoms with Gasteiger partial charge >= 0.3 is 0 Å². The molecule has 11 heteroatoms. The molecule has 2 aromatic heterocycles. The van der Waals surface area contributed by atoms with Crippen LogP contribution in [0, 0.1) is 0 Å². The van der Waals surface area contributed by atoms with E-state index >= 15 is 0 Å². The fraction of sp³-hybridized carbons (Fsp3) is 0.400. The van der Waals surface area contributed by atoms with E-state index in [-0.39, 0.29) is 25.1 Å². The van der Waals surface area contributed by atoms with Crippen LogP contribution in [-0.4, -0.2) is 80.9 Å². The molecular formula is C20H23N5O6. The number of amides is 1. The van der Waals surface area contributed by atoms with Gasteiger partial charge in [0.25, 0.3) is 5.91 Å². The molecule has 1 fully saturated rings. The summed E-state index contributed by atoms with van der Waals surface area (Å²) in [5.41, 5.74) is 1.39. The van der Waals surface area contributed by atoms with Crippen molar-refractivity contribution < 1.29 is 29.2 Å². The van der Waals surface area contributed by atoms with Crippen molar-refractivity contribution in [3.8, 4) is 0 Å². The Kier molecular flexibility index (Phi) is 6.49. The zero-order valence-corrected chi connectivity index (χ0v) is 16.8. The Bertz CT molecular complexity index is 1030. The average Bonchev–Trinajstić information content (AvgIpc) is 3.36. The topological polar surface area (TPSA) is 140 Å². The van der Waals surface area contributed by atoms with Crippen LogP contribution < -0.4 is 5.32 Å². The van der Waals surface area contributed by atoms with Gasteiger partial charge in [0.1, 0.15) is 30.7 Å².